The Morgan fingerprint density at radius 2 is 1.92 bits per heavy atom. The Labute approximate surface area is 155 Å². The van der Waals surface area contributed by atoms with Crippen LogP contribution in [-0.4, -0.2) is 20.6 Å². The molecular formula is C19H16Cl2N2O2. The van der Waals surface area contributed by atoms with Crippen LogP contribution in [0.2, 0.25) is 10.0 Å². The predicted molar refractivity (Wildman–Crippen MR) is 99.7 cm³/mol. The van der Waals surface area contributed by atoms with Gasteiger partial charge in [0.05, 0.1) is 12.2 Å². The molecule has 1 N–H and O–H groups in total. The molecule has 3 aromatic rings. The maximum Gasteiger partial charge on any atom is 0.354 e. The highest BCUT2D eigenvalue weighted by atomic mass is 35.5. The zero-order valence-corrected chi connectivity index (χ0v) is 15.3. The van der Waals surface area contributed by atoms with E-state index in [-0.39, 0.29) is 12.2 Å². The number of rotatable bonds is 4. The molecule has 3 rings (SSSR count). The number of carboxylic acids is 1. The first-order valence-corrected chi connectivity index (χ1v) is 8.44. The number of aryl methyl sites for hydroxylation is 2. The van der Waals surface area contributed by atoms with Crippen molar-refractivity contribution in [2.75, 3.05) is 0 Å². The first-order chi connectivity index (χ1) is 11.9. The molecule has 0 radical (unpaired) electrons. The molecule has 25 heavy (non-hydrogen) atoms. The van der Waals surface area contributed by atoms with Gasteiger partial charge in [0.2, 0.25) is 0 Å². The van der Waals surface area contributed by atoms with Crippen LogP contribution in [0.3, 0.4) is 0 Å². The van der Waals surface area contributed by atoms with Gasteiger partial charge in [0, 0.05) is 15.6 Å². The SMILES string of the molecule is Cc1cccc(-c2nc(C)c(C(=O)O)n2Cc2cc(Cl)ccc2Cl)c1. The second-order valence-corrected chi connectivity index (χ2v) is 6.71. The van der Waals surface area contributed by atoms with E-state index < -0.39 is 5.97 Å². The molecule has 0 unspecified atom stereocenters. The Morgan fingerprint density at radius 3 is 2.60 bits per heavy atom. The average Bonchev–Trinajstić information content (AvgIpc) is 2.87. The third-order valence-corrected chi connectivity index (χ3v) is 4.56. The van der Waals surface area contributed by atoms with Crippen molar-refractivity contribution in [2.24, 2.45) is 0 Å². The molecule has 6 heteroatoms. The van der Waals surface area contributed by atoms with E-state index in [0.29, 0.717) is 21.6 Å². The third-order valence-electron chi connectivity index (χ3n) is 3.96. The summed E-state index contributed by atoms with van der Waals surface area (Å²) in [6.07, 6.45) is 0. The van der Waals surface area contributed by atoms with Crippen LogP contribution in [0, 0.1) is 13.8 Å². The van der Waals surface area contributed by atoms with Crippen LogP contribution < -0.4 is 0 Å². The average molecular weight is 375 g/mol. The summed E-state index contributed by atoms with van der Waals surface area (Å²) in [4.78, 5) is 16.3. The molecule has 2 aromatic carbocycles. The lowest BCUT2D eigenvalue weighted by molar-refractivity contribution is 0.0685. The topological polar surface area (TPSA) is 55.1 Å². The van der Waals surface area contributed by atoms with Gasteiger partial charge in [-0.15, -0.1) is 0 Å². The van der Waals surface area contributed by atoms with Crippen LogP contribution in [0.15, 0.2) is 42.5 Å². The summed E-state index contributed by atoms with van der Waals surface area (Å²) in [5.41, 5.74) is 3.27. The van der Waals surface area contributed by atoms with Gasteiger partial charge in [-0.2, -0.15) is 0 Å². The Balaban J connectivity index is 2.19. The first-order valence-electron chi connectivity index (χ1n) is 7.68. The lowest BCUT2D eigenvalue weighted by Gasteiger charge is -2.12. The molecule has 0 aliphatic rings. The van der Waals surface area contributed by atoms with Crippen molar-refractivity contribution in [1.29, 1.82) is 0 Å². The molecular weight excluding hydrogens is 359 g/mol. The van der Waals surface area contributed by atoms with Crippen LogP contribution in [0.1, 0.15) is 27.3 Å². The highest BCUT2D eigenvalue weighted by molar-refractivity contribution is 6.33. The Bertz CT molecular complexity index is 964. The predicted octanol–water partition coefficient (Wildman–Crippen LogP) is 5.22. The highest BCUT2D eigenvalue weighted by Crippen LogP contribution is 2.28. The fourth-order valence-electron chi connectivity index (χ4n) is 2.84. The van der Waals surface area contributed by atoms with Gasteiger partial charge in [-0.25, -0.2) is 9.78 Å². The Hall–Kier alpha value is -2.30. The number of carboxylic acid groups (broad SMARTS) is 1. The minimum atomic E-state index is -1.03. The molecule has 0 aliphatic heterocycles. The lowest BCUT2D eigenvalue weighted by atomic mass is 10.1. The summed E-state index contributed by atoms with van der Waals surface area (Å²) in [5.74, 6) is -0.434. The van der Waals surface area contributed by atoms with E-state index in [2.05, 4.69) is 4.98 Å². The summed E-state index contributed by atoms with van der Waals surface area (Å²) in [6, 6.07) is 12.9. The normalized spacial score (nSPS) is 10.9. The number of benzene rings is 2. The Morgan fingerprint density at radius 1 is 1.16 bits per heavy atom. The van der Waals surface area contributed by atoms with Crippen molar-refractivity contribution in [3.8, 4) is 11.4 Å². The Kier molecular flexibility index (Phi) is 4.84. The standard InChI is InChI=1S/C19H16Cl2N2O2/c1-11-4-3-5-13(8-11)18-22-12(2)17(19(24)25)23(18)10-14-9-15(20)6-7-16(14)21/h3-9H,10H2,1-2H3,(H,24,25). The lowest BCUT2D eigenvalue weighted by Crippen LogP contribution is -2.12. The number of halogens is 2. The molecule has 0 amide bonds. The zero-order valence-electron chi connectivity index (χ0n) is 13.8. The van der Waals surface area contributed by atoms with Crippen molar-refractivity contribution in [1.82, 2.24) is 9.55 Å². The molecule has 0 saturated heterocycles. The van der Waals surface area contributed by atoms with E-state index in [4.69, 9.17) is 23.2 Å². The highest BCUT2D eigenvalue weighted by Gasteiger charge is 2.22. The fraction of sp³-hybridized carbons (Fsp3) is 0.158. The number of aromatic nitrogens is 2. The summed E-state index contributed by atoms with van der Waals surface area (Å²) in [6.45, 7) is 3.94. The van der Waals surface area contributed by atoms with Crippen LogP contribution in [0.5, 0.6) is 0 Å². The van der Waals surface area contributed by atoms with Crippen LogP contribution >= 0.6 is 23.2 Å². The van der Waals surface area contributed by atoms with Crippen LogP contribution in [0.25, 0.3) is 11.4 Å². The van der Waals surface area contributed by atoms with E-state index in [0.717, 1.165) is 16.7 Å². The van der Waals surface area contributed by atoms with Crippen molar-refractivity contribution < 1.29 is 9.90 Å². The van der Waals surface area contributed by atoms with Gasteiger partial charge in [-0.1, -0.05) is 47.0 Å². The summed E-state index contributed by atoms with van der Waals surface area (Å²) in [7, 11) is 0. The second-order valence-electron chi connectivity index (χ2n) is 5.87. The minimum absolute atomic E-state index is 0.146. The van der Waals surface area contributed by atoms with Gasteiger partial charge >= 0.3 is 5.97 Å². The molecule has 0 spiro atoms. The first kappa shape index (κ1) is 17.5. The number of hydrogen-bond acceptors (Lipinski definition) is 2. The molecule has 0 fully saturated rings. The molecule has 128 valence electrons. The fourth-order valence-corrected chi connectivity index (χ4v) is 3.21. The maximum atomic E-state index is 11.8. The number of aromatic carboxylic acids is 1. The van der Waals surface area contributed by atoms with Gasteiger partial charge in [-0.3, -0.25) is 0 Å². The molecule has 0 saturated carbocycles. The molecule has 4 nitrogen and oxygen atoms in total. The van der Waals surface area contributed by atoms with Gasteiger partial charge in [0.25, 0.3) is 0 Å². The van der Waals surface area contributed by atoms with Crippen molar-refractivity contribution in [2.45, 2.75) is 20.4 Å². The smallest absolute Gasteiger partial charge is 0.354 e. The summed E-state index contributed by atoms with van der Waals surface area (Å²) in [5, 5.41) is 10.7. The van der Waals surface area contributed by atoms with Crippen LogP contribution in [0.4, 0.5) is 0 Å². The number of imidazole rings is 1. The van der Waals surface area contributed by atoms with Crippen LogP contribution in [-0.2, 0) is 6.54 Å². The van der Waals surface area contributed by atoms with Crippen molar-refractivity contribution in [3.05, 3.63) is 75.0 Å². The molecule has 1 heterocycles. The number of nitrogens with zero attached hydrogens (tertiary/aromatic N) is 2. The zero-order chi connectivity index (χ0) is 18.1. The van der Waals surface area contributed by atoms with E-state index in [1.54, 1.807) is 29.7 Å². The van der Waals surface area contributed by atoms with Gasteiger partial charge < -0.3 is 9.67 Å². The van der Waals surface area contributed by atoms with E-state index >= 15 is 0 Å². The van der Waals surface area contributed by atoms with Crippen molar-refractivity contribution in [3.63, 3.8) is 0 Å². The quantitative estimate of drug-likeness (QED) is 0.680. The monoisotopic (exact) mass is 374 g/mol. The van der Waals surface area contributed by atoms with E-state index in [1.807, 2.05) is 31.2 Å². The molecule has 0 bridgehead atoms. The van der Waals surface area contributed by atoms with E-state index in [9.17, 15) is 9.90 Å². The molecule has 1 aromatic heterocycles. The minimum Gasteiger partial charge on any atom is -0.477 e. The van der Waals surface area contributed by atoms with Gasteiger partial charge in [0.1, 0.15) is 5.82 Å². The molecule has 0 atom stereocenters. The van der Waals surface area contributed by atoms with Gasteiger partial charge in [-0.05, 0) is 43.7 Å². The molecule has 0 aliphatic carbocycles. The van der Waals surface area contributed by atoms with E-state index in [1.165, 1.54) is 0 Å². The number of hydrogen-bond donors (Lipinski definition) is 1. The maximum absolute atomic E-state index is 11.8. The second kappa shape index (κ2) is 6.90. The summed E-state index contributed by atoms with van der Waals surface area (Å²) < 4.78 is 1.67. The number of carbonyl (C=O) groups is 1. The van der Waals surface area contributed by atoms with Crippen molar-refractivity contribution >= 4 is 29.2 Å². The summed E-state index contributed by atoms with van der Waals surface area (Å²) >= 11 is 12.3. The third kappa shape index (κ3) is 3.55. The largest absolute Gasteiger partial charge is 0.477 e. The van der Waals surface area contributed by atoms with Gasteiger partial charge in [0.15, 0.2) is 5.69 Å².